The molecule has 0 fully saturated rings. The van der Waals surface area contributed by atoms with Crippen LogP contribution in [0.15, 0.2) is 24.3 Å². The van der Waals surface area contributed by atoms with Crippen molar-refractivity contribution in [2.24, 2.45) is 5.84 Å². The first-order chi connectivity index (χ1) is 9.56. The normalized spacial score (nSPS) is 10.6. The highest BCUT2D eigenvalue weighted by Gasteiger charge is 2.03. The highest BCUT2D eigenvalue weighted by atomic mass is 32.2. The Labute approximate surface area is 124 Å². The summed E-state index contributed by atoms with van der Waals surface area (Å²) in [7, 11) is 0. The second-order valence-electron chi connectivity index (χ2n) is 4.94. The van der Waals surface area contributed by atoms with E-state index in [1.165, 1.54) is 16.7 Å². The number of nitrogen functional groups attached to an aromatic ring is 1. The van der Waals surface area contributed by atoms with Crippen molar-refractivity contribution in [1.29, 1.82) is 0 Å². The molecule has 1 heterocycles. The van der Waals surface area contributed by atoms with Gasteiger partial charge in [-0.25, -0.2) is 15.8 Å². The fourth-order valence-corrected chi connectivity index (χ4v) is 3.00. The highest BCUT2D eigenvalue weighted by Crippen LogP contribution is 2.19. The number of hydrogen-bond donors (Lipinski definition) is 2. The van der Waals surface area contributed by atoms with E-state index in [4.69, 9.17) is 5.84 Å². The van der Waals surface area contributed by atoms with Crippen molar-refractivity contribution in [3.05, 3.63) is 52.5 Å². The summed E-state index contributed by atoms with van der Waals surface area (Å²) in [5.74, 6) is 8.62. The Morgan fingerprint density at radius 1 is 1.00 bits per heavy atom. The van der Waals surface area contributed by atoms with Gasteiger partial charge >= 0.3 is 0 Å². The molecule has 0 aliphatic rings. The molecule has 0 atom stereocenters. The number of benzene rings is 1. The lowest BCUT2D eigenvalue weighted by atomic mass is 10.1. The maximum Gasteiger partial charge on any atom is 0.143 e. The predicted octanol–water partition coefficient (Wildman–Crippen LogP) is 3.12. The van der Waals surface area contributed by atoms with Crippen molar-refractivity contribution < 1.29 is 0 Å². The summed E-state index contributed by atoms with van der Waals surface area (Å²) in [6.45, 7) is 6.20. The first kappa shape index (κ1) is 14.8. The van der Waals surface area contributed by atoms with Crippen LogP contribution < -0.4 is 11.3 Å². The first-order valence-corrected chi connectivity index (χ1v) is 7.68. The summed E-state index contributed by atoms with van der Waals surface area (Å²) in [6.07, 6.45) is 0. The van der Waals surface area contributed by atoms with Crippen LogP contribution in [0.1, 0.15) is 28.2 Å². The molecule has 0 aliphatic heterocycles. The Morgan fingerprint density at radius 3 is 2.35 bits per heavy atom. The van der Waals surface area contributed by atoms with E-state index >= 15 is 0 Å². The molecule has 0 saturated heterocycles. The zero-order valence-corrected chi connectivity index (χ0v) is 12.9. The first-order valence-electron chi connectivity index (χ1n) is 6.53. The average molecular weight is 288 g/mol. The van der Waals surface area contributed by atoms with Crippen LogP contribution in [0.5, 0.6) is 0 Å². The molecule has 0 aliphatic carbocycles. The summed E-state index contributed by atoms with van der Waals surface area (Å²) in [4.78, 5) is 8.77. The standard InChI is InChI=1S/C15H20N4S/c1-10-4-11(2)6-13(5-10)8-20-9-15-17-12(3)7-14(18-15)19-16/h4-7H,8-9,16H2,1-3H3,(H,17,18,19). The minimum atomic E-state index is 0.666. The average Bonchev–Trinajstić information content (AvgIpc) is 2.37. The van der Waals surface area contributed by atoms with Crippen molar-refractivity contribution >= 4 is 17.6 Å². The molecule has 2 aromatic rings. The molecule has 3 N–H and O–H groups in total. The summed E-state index contributed by atoms with van der Waals surface area (Å²) < 4.78 is 0. The molecule has 0 bridgehead atoms. The molecule has 1 aromatic carbocycles. The maximum absolute atomic E-state index is 5.39. The summed E-state index contributed by atoms with van der Waals surface area (Å²) >= 11 is 1.81. The third-order valence-electron chi connectivity index (χ3n) is 2.83. The number of aromatic nitrogens is 2. The minimum Gasteiger partial charge on any atom is -0.308 e. The number of hydrazine groups is 1. The monoisotopic (exact) mass is 288 g/mol. The Morgan fingerprint density at radius 2 is 1.70 bits per heavy atom. The van der Waals surface area contributed by atoms with Gasteiger partial charge in [-0.2, -0.15) is 0 Å². The van der Waals surface area contributed by atoms with E-state index < -0.39 is 0 Å². The number of nitrogens with two attached hydrogens (primary N) is 1. The third kappa shape index (κ3) is 4.21. The number of rotatable bonds is 5. The Balaban J connectivity index is 1.97. The van der Waals surface area contributed by atoms with Crippen molar-refractivity contribution in [2.75, 3.05) is 5.43 Å². The van der Waals surface area contributed by atoms with Gasteiger partial charge in [0.15, 0.2) is 0 Å². The lowest BCUT2D eigenvalue weighted by Gasteiger charge is -2.06. The highest BCUT2D eigenvalue weighted by molar-refractivity contribution is 7.97. The van der Waals surface area contributed by atoms with Gasteiger partial charge in [-0.15, -0.1) is 11.8 Å². The third-order valence-corrected chi connectivity index (χ3v) is 3.83. The zero-order chi connectivity index (χ0) is 14.5. The van der Waals surface area contributed by atoms with E-state index in [0.29, 0.717) is 5.82 Å². The molecule has 106 valence electrons. The van der Waals surface area contributed by atoms with Crippen LogP contribution in [0.4, 0.5) is 5.82 Å². The van der Waals surface area contributed by atoms with E-state index in [9.17, 15) is 0 Å². The molecule has 20 heavy (non-hydrogen) atoms. The van der Waals surface area contributed by atoms with Gasteiger partial charge in [0, 0.05) is 17.5 Å². The topological polar surface area (TPSA) is 63.8 Å². The van der Waals surface area contributed by atoms with Crippen LogP contribution in [-0.4, -0.2) is 9.97 Å². The van der Waals surface area contributed by atoms with E-state index in [-0.39, 0.29) is 0 Å². The number of thioether (sulfide) groups is 1. The molecular formula is C15H20N4S. The second-order valence-corrected chi connectivity index (χ2v) is 5.93. The van der Waals surface area contributed by atoms with Gasteiger partial charge in [-0.05, 0) is 26.3 Å². The van der Waals surface area contributed by atoms with E-state index in [1.54, 1.807) is 0 Å². The number of nitrogens with one attached hydrogen (secondary N) is 1. The molecule has 0 unspecified atom stereocenters. The van der Waals surface area contributed by atoms with Crippen molar-refractivity contribution in [3.63, 3.8) is 0 Å². The van der Waals surface area contributed by atoms with Crippen LogP contribution in [0.2, 0.25) is 0 Å². The van der Waals surface area contributed by atoms with Gasteiger partial charge in [-0.1, -0.05) is 29.3 Å². The van der Waals surface area contributed by atoms with Crippen molar-refractivity contribution in [3.8, 4) is 0 Å². The van der Waals surface area contributed by atoms with Gasteiger partial charge in [0.25, 0.3) is 0 Å². The van der Waals surface area contributed by atoms with Crippen LogP contribution in [0.25, 0.3) is 0 Å². The van der Waals surface area contributed by atoms with E-state index in [2.05, 4.69) is 47.4 Å². The van der Waals surface area contributed by atoms with Gasteiger partial charge in [0.05, 0.1) is 5.75 Å². The largest absolute Gasteiger partial charge is 0.308 e. The van der Waals surface area contributed by atoms with E-state index in [1.807, 2.05) is 24.8 Å². The molecule has 5 heteroatoms. The summed E-state index contributed by atoms with van der Waals surface area (Å²) in [5, 5.41) is 0. The Bertz CT molecular complexity index is 578. The molecule has 0 saturated carbocycles. The molecule has 2 rings (SSSR count). The van der Waals surface area contributed by atoms with Crippen molar-refractivity contribution in [2.45, 2.75) is 32.3 Å². The van der Waals surface area contributed by atoms with Crippen molar-refractivity contribution in [1.82, 2.24) is 9.97 Å². The Hall–Kier alpha value is -1.59. The maximum atomic E-state index is 5.39. The number of anilines is 1. The predicted molar refractivity (Wildman–Crippen MR) is 85.5 cm³/mol. The van der Waals surface area contributed by atoms with Gasteiger partial charge < -0.3 is 5.43 Å². The fraction of sp³-hybridized carbons (Fsp3) is 0.333. The van der Waals surface area contributed by atoms with Crippen LogP contribution in [-0.2, 0) is 11.5 Å². The Kier molecular flexibility index (Phi) is 4.98. The van der Waals surface area contributed by atoms with Crippen LogP contribution in [0.3, 0.4) is 0 Å². The quantitative estimate of drug-likeness (QED) is 0.654. The minimum absolute atomic E-state index is 0.666. The molecule has 4 nitrogen and oxygen atoms in total. The van der Waals surface area contributed by atoms with Gasteiger partial charge in [-0.3, -0.25) is 0 Å². The fourth-order valence-electron chi connectivity index (χ4n) is 2.18. The summed E-state index contributed by atoms with van der Waals surface area (Å²) in [6, 6.07) is 8.48. The van der Waals surface area contributed by atoms with Gasteiger partial charge in [0.1, 0.15) is 11.6 Å². The summed E-state index contributed by atoms with van der Waals surface area (Å²) in [5.41, 5.74) is 7.46. The molecular weight excluding hydrogens is 268 g/mol. The van der Waals surface area contributed by atoms with Crippen LogP contribution >= 0.6 is 11.8 Å². The number of aryl methyl sites for hydroxylation is 3. The molecule has 1 aromatic heterocycles. The number of nitrogens with zero attached hydrogens (tertiary/aromatic N) is 2. The van der Waals surface area contributed by atoms with Crippen LogP contribution in [0, 0.1) is 20.8 Å². The number of hydrogen-bond acceptors (Lipinski definition) is 5. The second kappa shape index (κ2) is 6.72. The molecule has 0 radical (unpaired) electrons. The smallest absolute Gasteiger partial charge is 0.143 e. The molecule has 0 spiro atoms. The zero-order valence-electron chi connectivity index (χ0n) is 12.1. The SMILES string of the molecule is Cc1cc(C)cc(CSCc2nc(C)cc(NN)n2)c1. The molecule has 0 amide bonds. The van der Waals surface area contributed by atoms with E-state index in [0.717, 1.165) is 23.0 Å². The van der Waals surface area contributed by atoms with Gasteiger partial charge in [0.2, 0.25) is 0 Å². The lowest BCUT2D eigenvalue weighted by molar-refractivity contribution is 0.990. The lowest BCUT2D eigenvalue weighted by Crippen LogP contribution is -2.10.